The van der Waals surface area contributed by atoms with E-state index >= 15 is 0 Å². The molecule has 2 nitrogen and oxygen atoms in total. The fourth-order valence-corrected chi connectivity index (χ4v) is 1.53. The van der Waals surface area contributed by atoms with Crippen LogP contribution in [0.1, 0.15) is 39.5 Å². The average Bonchev–Trinajstić information content (AvgIpc) is 2.26. The van der Waals surface area contributed by atoms with Gasteiger partial charge < -0.3 is 4.74 Å². The second kappa shape index (κ2) is 3.74. The van der Waals surface area contributed by atoms with Crippen molar-refractivity contribution in [1.82, 2.24) is 0 Å². The summed E-state index contributed by atoms with van der Waals surface area (Å²) in [6.07, 6.45) is 4.41. The summed E-state index contributed by atoms with van der Waals surface area (Å²) in [5.41, 5.74) is 0. The molecule has 11 heavy (non-hydrogen) atoms. The van der Waals surface area contributed by atoms with Crippen molar-refractivity contribution < 1.29 is 9.53 Å². The van der Waals surface area contributed by atoms with Crippen molar-refractivity contribution in [3.05, 3.63) is 0 Å². The zero-order chi connectivity index (χ0) is 8.27. The molecular weight excluding hydrogens is 140 g/mol. The van der Waals surface area contributed by atoms with Crippen LogP contribution in [-0.2, 0) is 9.53 Å². The first-order chi connectivity index (χ1) is 5.24. The molecule has 0 spiro atoms. The molecule has 2 heteroatoms. The van der Waals surface area contributed by atoms with Gasteiger partial charge in [0.25, 0.3) is 0 Å². The molecule has 1 saturated heterocycles. The van der Waals surface area contributed by atoms with Gasteiger partial charge in [-0.3, -0.25) is 4.79 Å². The van der Waals surface area contributed by atoms with Gasteiger partial charge in [-0.25, -0.2) is 0 Å². The number of cyclic esters (lactones) is 1. The van der Waals surface area contributed by atoms with E-state index in [-0.39, 0.29) is 18.0 Å². The van der Waals surface area contributed by atoms with E-state index in [0.29, 0.717) is 0 Å². The molecule has 1 aliphatic heterocycles. The van der Waals surface area contributed by atoms with Gasteiger partial charge >= 0.3 is 5.97 Å². The van der Waals surface area contributed by atoms with Crippen LogP contribution in [0.15, 0.2) is 0 Å². The standard InChI is InChI=1S/C9H16O2/c1-3-4-5-8-6-7(2)11-9(8)10/h7-8H,3-6H2,1-2H3/t7-,8-/m0/s1. The minimum Gasteiger partial charge on any atom is -0.462 e. The molecule has 64 valence electrons. The Morgan fingerprint density at radius 2 is 2.36 bits per heavy atom. The lowest BCUT2D eigenvalue weighted by Crippen LogP contribution is -2.06. The summed E-state index contributed by atoms with van der Waals surface area (Å²) in [6, 6.07) is 0. The van der Waals surface area contributed by atoms with Crippen molar-refractivity contribution in [1.29, 1.82) is 0 Å². The Hall–Kier alpha value is -0.530. The second-order valence-corrected chi connectivity index (χ2v) is 3.32. The fourth-order valence-electron chi connectivity index (χ4n) is 1.53. The molecule has 0 N–H and O–H groups in total. The van der Waals surface area contributed by atoms with Gasteiger partial charge in [-0.05, 0) is 19.8 Å². The van der Waals surface area contributed by atoms with Crippen LogP contribution in [0, 0.1) is 5.92 Å². The van der Waals surface area contributed by atoms with E-state index in [9.17, 15) is 4.79 Å². The van der Waals surface area contributed by atoms with Gasteiger partial charge in [-0.1, -0.05) is 19.8 Å². The zero-order valence-electron chi connectivity index (χ0n) is 7.30. The molecule has 1 rings (SSSR count). The van der Waals surface area contributed by atoms with E-state index < -0.39 is 0 Å². The van der Waals surface area contributed by atoms with Crippen LogP contribution in [0.3, 0.4) is 0 Å². The number of ether oxygens (including phenoxy) is 1. The first-order valence-electron chi connectivity index (χ1n) is 4.44. The Bertz CT molecular complexity index is 142. The van der Waals surface area contributed by atoms with E-state index in [1.165, 1.54) is 0 Å². The maximum atomic E-state index is 11.1. The number of rotatable bonds is 3. The van der Waals surface area contributed by atoms with Gasteiger partial charge in [-0.2, -0.15) is 0 Å². The third kappa shape index (κ3) is 2.21. The van der Waals surface area contributed by atoms with Crippen LogP contribution in [0.25, 0.3) is 0 Å². The highest BCUT2D eigenvalue weighted by Crippen LogP contribution is 2.25. The molecule has 0 aliphatic carbocycles. The van der Waals surface area contributed by atoms with Crippen molar-refractivity contribution in [2.75, 3.05) is 0 Å². The van der Waals surface area contributed by atoms with Crippen LogP contribution in [0.4, 0.5) is 0 Å². The summed E-state index contributed by atoms with van der Waals surface area (Å²) >= 11 is 0. The van der Waals surface area contributed by atoms with Crippen molar-refractivity contribution in [3.63, 3.8) is 0 Å². The lowest BCUT2D eigenvalue weighted by molar-refractivity contribution is -0.143. The zero-order valence-corrected chi connectivity index (χ0v) is 7.30. The van der Waals surface area contributed by atoms with Gasteiger partial charge in [0.15, 0.2) is 0 Å². The van der Waals surface area contributed by atoms with Crippen molar-refractivity contribution >= 4 is 5.97 Å². The quantitative estimate of drug-likeness (QED) is 0.585. The number of carbonyl (C=O) groups excluding carboxylic acids is 1. The third-order valence-electron chi connectivity index (χ3n) is 2.17. The van der Waals surface area contributed by atoms with Crippen LogP contribution < -0.4 is 0 Å². The molecule has 0 aromatic carbocycles. The highest BCUT2D eigenvalue weighted by atomic mass is 16.5. The summed E-state index contributed by atoms with van der Waals surface area (Å²) in [4.78, 5) is 11.1. The van der Waals surface area contributed by atoms with Crippen LogP contribution in [0.5, 0.6) is 0 Å². The predicted octanol–water partition coefficient (Wildman–Crippen LogP) is 2.13. The molecule has 0 radical (unpaired) electrons. The first kappa shape index (κ1) is 8.57. The van der Waals surface area contributed by atoms with E-state index in [2.05, 4.69) is 6.92 Å². The van der Waals surface area contributed by atoms with Gasteiger partial charge in [0.05, 0.1) is 12.0 Å². The monoisotopic (exact) mass is 156 g/mol. The maximum absolute atomic E-state index is 11.1. The van der Waals surface area contributed by atoms with Gasteiger partial charge in [0.1, 0.15) is 0 Å². The highest BCUT2D eigenvalue weighted by molar-refractivity contribution is 5.74. The maximum Gasteiger partial charge on any atom is 0.309 e. The third-order valence-corrected chi connectivity index (χ3v) is 2.17. The van der Waals surface area contributed by atoms with Crippen LogP contribution in [0.2, 0.25) is 0 Å². The number of hydrogen-bond donors (Lipinski definition) is 0. The van der Waals surface area contributed by atoms with Crippen LogP contribution >= 0.6 is 0 Å². The number of hydrogen-bond acceptors (Lipinski definition) is 2. The second-order valence-electron chi connectivity index (χ2n) is 3.32. The lowest BCUT2D eigenvalue weighted by Gasteiger charge is -2.01. The summed E-state index contributed by atoms with van der Waals surface area (Å²) in [5.74, 6) is 0.218. The fraction of sp³-hybridized carbons (Fsp3) is 0.889. The van der Waals surface area contributed by atoms with E-state index in [1.54, 1.807) is 0 Å². The molecule has 1 aliphatic rings. The van der Waals surface area contributed by atoms with Gasteiger partial charge in [0, 0.05) is 0 Å². The normalized spacial score (nSPS) is 30.5. The molecule has 0 bridgehead atoms. The van der Waals surface area contributed by atoms with Gasteiger partial charge in [-0.15, -0.1) is 0 Å². The number of esters is 1. The number of carbonyl (C=O) groups is 1. The molecule has 0 saturated carbocycles. The van der Waals surface area contributed by atoms with Crippen molar-refractivity contribution in [3.8, 4) is 0 Å². The molecule has 0 amide bonds. The van der Waals surface area contributed by atoms with Gasteiger partial charge in [0.2, 0.25) is 0 Å². The van der Waals surface area contributed by atoms with Crippen molar-refractivity contribution in [2.45, 2.75) is 45.6 Å². The van der Waals surface area contributed by atoms with Crippen LogP contribution in [-0.4, -0.2) is 12.1 Å². The minimum absolute atomic E-state index is 0.0194. The molecule has 1 fully saturated rings. The molecule has 1 heterocycles. The Kier molecular flexibility index (Phi) is 2.92. The summed E-state index contributed by atoms with van der Waals surface area (Å²) < 4.78 is 5.03. The topological polar surface area (TPSA) is 26.3 Å². The van der Waals surface area contributed by atoms with Crippen molar-refractivity contribution in [2.24, 2.45) is 5.92 Å². The van der Waals surface area contributed by atoms with E-state index in [1.807, 2.05) is 6.92 Å². The molecule has 0 unspecified atom stereocenters. The Morgan fingerprint density at radius 1 is 1.64 bits per heavy atom. The largest absolute Gasteiger partial charge is 0.462 e. The highest BCUT2D eigenvalue weighted by Gasteiger charge is 2.30. The smallest absolute Gasteiger partial charge is 0.309 e. The first-order valence-corrected chi connectivity index (χ1v) is 4.44. The lowest BCUT2D eigenvalue weighted by atomic mass is 9.99. The Morgan fingerprint density at radius 3 is 2.82 bits per heavy atom. The SMILES string of the molecule is CCCC[C@H]1C[C@H](C)OC1=O. The Labute approximate surface area is 67.9 Å². The number of unbranched alkanes of at least 4 members (excludes halogenated alkanes) is 1. The molecule has 2 atom stereocenters. The van der Waals surface area contributed by atoms with E-state index in [0.717, 1.165) is 25.7 Å². The average molecular weight is 156 g/mol. The molecule has 0 aromatic heterocycles. The molecule has 0 aromatic rings. The summed E-state index contributed by atoms with van der Waals surface area (Å²) in [7, 11) is 0. The minimum atomic E-state index is 0.0194. The predicted molar refractivity (Wildman–Crippen MR) is 43.2 cm³/mol. The summed E-state index contributed by atoms with van der Waals surface area (Å²) in [6.45, 7) is 4.10. The summed E-state index contributed by atoms with van der Waals surface area (Å²) in [5, 5.41) is 0. The van der Waals surface area contributed by atoms with E-state index in [4.69, 9.17) is 4.74 Å². The Balaban J connectivity index is 2.29. The molecular formula is C9H16O2.